The lowest BCUT2D eigenvalue weighted by atomic mass is 10.1. The molecule has 0 aliphatic carbocycles. The van der Waals surface area contributed by atoms with Crippen molar-refractivity contribution in [2.75, 3.05) is 13.7 Å². The van der Waals surface area contributed by atoms with Gasteiger partial charge in [-0.2, -0.15) is 0 Å². The number of benzene rings is 1. The van der Waals surface area contributed by atoms with Crippen LogP contribution in [0.1, 0.15) is 39.7 Å². The summed E-state index contributed by atoms with van der Waals surface area (Å²) in [5.74, 6) is 0.824. The minimum absolute atomic E-state index is 0.355. The molecule has 1 aromatic rings. The van der Waals surface area contributed by atoms with Gasteiger partial charge >= 0.3 is 0 Å². The van der Waals surface area contributed by atoms with Crippen LogP contribution < -0.4 is 4.74 Å². The number of nitrogens with one attached hydrogen (secondary N) is 1. The van der Waals surface area contributed by atoms with Gasteiger partial charge in [0.25, 0.3) is 0 Å². The number of hydrogen-bond donors (Lipinski definition) is 1. The molecule has 0 spiro atoms. The van der Waals surface area contributed by atoms with Crippen LogP contribution in [0.4, 0.5) is 0 Å². The van der Waals surface area contributed by atoms with Crippen LogP contribution in [-0.2, 0) is 4.84 Å². The molecule has 1 rings (SSSR count). The molecule has 0 unspecified atom stereocenters. The Morgan fingerprint density at radius 1 is 1.21 bits per heavy atom. The predicted octanol–water partition coefficient (Wildman–Crippen LogP) is 3.89. The zero-order valence-electron chi connectivity index (χ0n) is 12.5. The Balaban J connectivity index is 0.00000154. The molecule has 0 saturated carbocycles. The van der Waals surface area contributed by atoms with Gasteiger partial charge in [0.15, 0.2) is 0 Å². The third kappa shape index (κ3) is 6.04. The lowest BCUT2D eigenvalue weighted by molar-refractivity contribution is 0.214. The second-order valence-corrected chi connectivity index (χ2v) is 3.61. The van der Waals surface area contributed by atoms with E-state index in [1.54, 1.807) is 6.92 Å². The molecule has 106 valence electrons. The second-order valence-electron chi connectivity index (χ2n) is 3.61. The smallest absolute Gasteiger partial charge is 0.119 e. The van der Waals surface area contributed by atoms with Gasteiger partial charge in [-0.3, -0.25) is 5.41 Å². The number of hydrogen-bond acceptors (Lipinski definition) is 4. The van der Waals surface area contributed by atoms with Gasteiger partial charge in [-0.25, -0.2) is 0 Å². The molecule has 4 heteroatoms. The van der Waals surface area contributed by atoms with Gasteiger partial charge in [-0.1, -0.05) is 25.9 Å². The Morgan fingerprint density at radius 2 is 1.79 bits per heavy atom. The molecule has 0 amide bonds. The number of nitrogens with zero attached hydrogens (tertiary/aromatic N) is 1. The van der Waals surface area contributed by atoms with E-state index in [0.717, 1.165) is 17.7 Å². The van der Waals surface area contributed by atoms with Crippen LogP contribution in [-0.4, -0.2) is 25.1 Å². The molecule has 4 nitrogen and oxygen atoms in total. The Kier molecular flexibility index (Phi) is 9.14. The molecule has 19 heavy (non-hydrogen) atoms. The Hall–Kier alpha value is -1.84. The van der Waals surface area contributed by atoms with E-state index in [4.69, 9.17) is 10.1 Å². The summed E-state index contributed by atoms with van der Waals surface area (Å²) in [5, 5.41) is 11.6. The highest BCUT2D eigenvalue weighted by Gasteiger charge is 2.05. The first kappa shape index (κ1) is 17.2. The lowest BCUT2D eigenvalue weighted by Gasteiger charge is -2.06. The van der Waals surface area contributed by atoms with Crippen molar-refractivity contribution in [1.29, 1.82) is 5.41 Å². The van der Waals surface area contributed by atoms with E-state index in [9.17, 15) is 0 Å². The van der Waals surface area contributed by atoms with Crippen LogP contribution in [0.5, 0.6) is 5.75 Å². The minimum atomic E-state index is 0.355. The van der Waals surface area contributed by atoms with E-state index in [1.165, 1.54) is 7.11 Å². The monoisotopic (exact) mass is 264 g/mol. The van der Waals surface area contributed by atoms with Gasteiger partial charge in [-0.15, -0.1) is 0 Å². The highest BCUT2D eigenvalue weighted by Crippen LogP contribution is 2.13. The Bertz CT molecular complexity index is 397. The topological polar surface area (TPSA) is 54.7 Å². The molecule has 0 heterocycles. The molecule has 0 aliphatic heterocycles. The molecule has 1 N–H and O–H groups in total. The van der Waals surface area contributed by atoms with Gasteiger partial charge in [0, 0.05) is 5.56 Å². The van der Waals surface area contributed by atoms with Crippen LogP contribution >= 0.6 is 0 Å². The van der Waals surface area contributed by atoms with Crippen LogP contribution in [0.25, 0.3) is 0 Å². The summed E-state index contributed by atoms with van der Waals surface area (Å²) in [5.41, 5.74) is 1.70. The van der Waals surface area contributed by atoms with Crippen LogP contribution in [0.3, 0.4) is 0 Å². The third-order valence-corrected chi connectivity index (χ3v) is 2.21. The van der Waals surface area contributed by atoms with Gasteiger partial charge in [-0.05, 0) is 37.6 Å². The van der Waals surface area contributed by atoms with E-state index in [-0.39, 0.29) is 0 Å². The van der Waals surface area contributed by atoms with E-state index in [2.05, 4.69) is 16.9 Å². The molecule has 0 aromatic heterocycles. The van der Waals surface area contributed by atoms with Crippen molar-refractivity contribution in [2.45, 2.75) is 34.1 Å². The summed E-state index contributed by atoms with van der Waals surface area (Å²) in [6, 6.07) is 7.42. The van der Waals surface area contributed by atoms with Crippen molar-refractivity contribution >= 4 is 11.4 Å². The molecule has 0 radical (unpaired) electrons. The molecule has 0 atom stereocenters. The third-order valence-electron chi connectivity index (χ3n) is 2.21. The van der Waals surface area contributed by atoms with Crippen molar-refractivity contribution in [3.8, 4) is 5.75 Å². The van der Waals surface area contributed by atoms with E-state index in [0.29, 0.717) is 18.0 Å². The van der Waals surface area contributed by atoms with Crippen LogP contribution in [0, 0.1) is 5.41 Å². The summed E-state index contributed by atoms with van der Waals surface area (Å²) in [7, 11) is 1.47. The standard InChI is InChI=1S/C13H18N2O2.C2H6/c1-4-9-17-12-7-5-11(6-8-12)13(14)10(2)15-16-3;1-2/h5-8,14H,4,9H2,1-3H3;1-2H3/b14-13?,15-10+;. The lowest BCUT2D eigenvalue weighted by Crippen LogP contribution is -2.10. The van der Waals surface area contributed by atoms with Crippen molar-refractivity contribution in [1.82, 2.24) is 0 Å². The summed E-state index contributed by atoms with van der Waals surface area (Å²) in [4.78, 5) is 4.65. The fourth-order valence-corrected chi connectivity index (χ4v) is 1.33. The number of rotatable bonds is 6. The zero-order valence-corrected chi connectivity index (χ0v) is 12.5. The Labute approximate surface area is 115 Å². The first-order valence-corrected chi connectivity index (χ1v) is 6.59. The maximum absolute atomic E-state index is 7.90. The maximum atomic E-state index is 7.90. The first-order chi connectivity index (χ1) is 9.19. The number of ether oxygens (including phenoxy) is 1. The van der Waals surface area contributed by atoms with Crippen molar-refractivity contribution in [3.63, 3.8) is 0 Å². The average Bonchev–Trinajstić information content (AvgIpc) is 2.47. The SMILES string of the molecule is CC.CCCOc1ccc(C(=N)/C(C)=N/OC)cc1. The highest BCUT2D eigenvalue weighted by molar-refractivity contribution is 6.46. The molecule has 0 aliphatic rings. The number of oxime groups is 1. The van der Waals surface area contributed by atoms with Gasteiger partial charge in [0.1, 0.15) is 18.6 Å². The first-order valence-electron chi connectivity index (χ1n) is 6.59. The molecule has 1 aromatic carbocycles. The largest absolute Gasteiger partial charge is 0.494 e. The molecular formula is C15H24N2O2. The van der Waals surface area contributed by atoms with Crippen molar-refractivity contribution in [2.24, 2.45) is 5.16 Å². The summed E-state index contributed by atoms with van der Waals surface area (Å²) >= 11 is 0. The average molecular weight is 264 g/mol. The van der Waals surface area contributed by atoms with Crippen LogP contribution in [0.2, 0.25) is 0 Å². The van der Waals surface area contributed by atoms with Crippen LogP contribution in [0.15, 0.2) is 29.4 Å². The van der Waals surface area contributed by atoms with Gasteiger partial charge in [0.2, 0.25) is 0 Å². The highest BCUT2D eigenvalue weighted by atomic mass is 16.6. The fourth-order valence-electron chi connectivity index (χ4n) is 1.33. The van der Waals surface area contributed by atoms with Gasteiger partial charge < -0.3 is 9.57 Å². The van der Waals surface area contributed by atoms with Crippen molar-refractivity contribution < 1.29 is 9.57 Å². The summed E-state index contributed by atoms with van der Waals surface area (Å²) in [6.45, 7) is 8.52. The normalized spacial score (nSPS) is 10.3. The molecule has 0 bridgehead atoms. The maximum Gasteiger partial charge on any atom is 0.119 e. The summed E-state index contributed by atoms with van der Waals surface area (Å²) < 4.78 is 5.47. The summed E-state index contributed by atoms with van der Waals surface area (Å²) in [6.07, 6.45) is 0.983. The molecular weight excluding hydrogens is 240 g/mol. The molecule has 0 saturated heterocycles. The van der Waals surface area contributed by atoms with E-state index < -0.39 is 0 Å². The fraction of sp³-hybridized carbons (Fsp3) is 0.467. The van der Waals surface area contributed by atoms with Gasteiger partial charge in [0.05, 0.1) is 12.3 Å². The molecule has 0 fully saturated rings. The Morgan fingerprint density at radius 3 is 2.26 bits per heavy atom. The van der Waals surface area contributed by atoms with E-state index in [1.807, 2.05) is 38.1 Å². The quantitative estimate of drug-likeness (QED) is 0.626. The van der Waals surface area contributed by atoms with E-state index >= 15 is 0 Å². The van der Waals surface area contributed by atoms with Crippen molar-refractivity contribution in [3.05, 3.63) is 29.8 Å². The zero-order chi connectivity index (χ0) is 14.7. The second kappa shape index (κ2) is 10.1. The minimum Gasteiger partial charge on any atom is -0.494 e. The predicted molar refractivity (Wildman–Crippen MR) is 80.5 cm³/mol.